The van der Waals surface area contributed by atoms with Crippen LogP contribution in [0.15, 0.2) is 23.2 Å². The molecule has 2 N–H and O–H groups in total. The maximum atomic E-state index is 5.97. The number of ether oxygens (including phenoxy) is 3. The predicted molar refractivity (Wildman–Crippen MR) is 127 cm³/mol. The minimum Gasteiger partial charge on any atom is -0.493 e. The van der Waals surface area contributed by atoms with Crippen LogP contribution in [0, 0.1) is 0 Å². The van der Waals surface area contributed by atoms with Crippen molar-refractivity contribution >= 4 is 29.9 Å². The monoisotopic (exact) mass is 518 g/mol. The number of nitrogens with zero attached hydrogens (tertiary/aromatic N) is 2. The molecule has 4 atom stereocenters. The summed E-state index contributed by atoms with van der Waals surface area (Å²) in [5.41, 5.74) is 1.14. The van der Waals surface area contributed by atoms with Gasteiger partial charge in [0.05, 0.1) is 45.1 Å². The van der Waals surface area contributed by atoms with Crippen LogP contribution in [0.5, 0.6) is 11.5 Å². The number of methoxy groups -OCH3 is 2. The third kappa shape index (κ3) is 5.88. The highest BCUT2D eigenvalue weighted by molar-refractivity contribution is 14.0. The van der Waals surface area contributed by atoms with Crippen LogP contribution in [0.25, 0.3) is 0 Å². The topological polar surface area (TPSA) is 67.4 Å². The van der Waals surface area contributed by atoms with E-state index in [0.717, 1.165) is 42.4 Å². The third-order valence-electron chi connectivity index (χ3n) is 5.61. The first kappa shape index (κ1) is 24.0. The van der Waals surface area contributed by atoms with Gasteiger partial charge in [-0.1, -0.05) is 6.07 Å². The lowest BCUT2D eigenvalue weighted by Gasteiger charge is -2.26. The zero-order valence-corrected chi connectivity index (χ0v) is 20.4. The Morgan fingerprint density at radius 1 is 1.24 bits per heavy atom. The van der Waals surface area contributed by atoms with Crippen molar-refractivity contribution in [3.8, 4) is 11.5 Å². The zero-order chi connectivity index (χ0) is 20.1. The van der Waals surface area contributed by atoms with E-state index in [1.807, 2.05) is 12.1 Å². The predicted octanol–water partition coefficient (Wildman–Crippen LogP) is 2.80. The summed E-state index contributed by atoms with van der Waals surface area (Å²) in [6.07, 6.45) is 4.16. The summed E-state index contributed by atoms with van der Waals surface area (Å²) in [7, 11) is 7.45. The van der Waals surface area contributed by atoms with E-state index in [1.54, 1.807) is 14.2 Å². The number of likely N-dealkylation sites (N-methyl/N-ethyl adjacent to an activating group) is 1. The molecular formula is C21H35IN4O3. The van der Waals surface area contributed by atoms with Gasteiger partial charge in [-0.3, -0.25) is 4.99 Å². The molecule has 0 aromatic heterocycles. The van der Waals surface area contributed by atoms with Crippen LogP contribution in [0.1, 0.15) is 37.8 Å². The van der Waals surface area contributed by atoms with Gasteiger partial charge >= 0.3 is 0 Å². The van der Waals surface area contributed by atoms with Crippen LogP contribution in [-0.4, -0.2) is 70.5 Å². The third-order valence-corrected chi connectivity index (χ3v) is 5.61. The van der Waals surface area contributed by atoms with E-state index >= 15 is 0 Å². The van der Waals surface area contributed by atoms with Crippen molar-refractivity contribution in [3.05, 3.63) is 23.8 Å². The molecule has 2 aliphatic rings. The van der Waals surface area contributed by atoms with Gasteiger partial charge < -0.3 is 29.7 Å². The molecule has 3 rings (SSSR count). The van der Waals surface area contributed by atoms with E-state index in [1.165, 1.54) is 6.42 Å². The molecule has 2 fully saturated rings. The van der Waals surface area contributed by atoms with Gasteiger partial charge in [0, 0.05) is 6.54 Å². The van der Waals surface area contributed by atoms with Crippen molar-refractivity contribution < 1.29 is 14.2 Å². The van der Waals surface area contributed by atoms with Gasteiger partial charge in [-0.25, -0.2) is 0 Å². The van der Waals surface area contributed by atoms with Crippen LogP contribution >= 0.6 is 24.0 Å². The molecule has 7 nitrogen and oxygen atoms in total. The first-order valence-electron chi connectivity index (χ1n) is 10.1. The Morgan fingerprint density at radius 3 is 2.55 bits per heavy atom. The normalized spacial score (nSPS) is 24.2. The number of hydrogen-bond donors (Lipinski definition) is 2. The summed E-state index contributed by atoms with van der Waals surface area (Å²) in [5, 5.41) is 6.96. The van der Waals surface area contributed by atoms with Gasteiger partial charge in [-0.2, -0.15) is 0 Å². The van der Waals surface area contributed by atoms with Crippen molar-refractivity contribution in [1.29, 1.82) is 0 Å². The number of fused-ring (bicyclic) bond motifs is 2. The molecule has 2 heterocycles. The molecule has 164 valence electrons. The number of hydrogen-bond acceptors (Lipinski definition) is 5. The standard InChI is InChI=1S/C21H34N4O3.HI/c1-6-22-21(24-16-12-15-8-10-18(16)28-15)23-13-17(25(2)3)14-7-9-19(26-4)20(11-14)27-5;/h7,9,11,15-18H,6,8,10,12-13H2,1-5H3,(H2,22,23,24);1H. The number of guanidine groups is 1. The lowest BCUT2D eigenvalue weighted by molar-refractivity contribution is 0.0992. The highest BCUT2D eigenvalue weighted by atomic mass is 127. The smallest absolute Gasteiger partial charge is 0.191 e. The largest absolute Gasteiger partial charge is 0.493 e. The minimum absolute atomic E-state index is 0. The van der Waals surface area contributed by atoms with E-state index < -0.39 is 0 Å². The molecule has 0 saturated carbocycles. The molecule has 0 amide bonds. The second kappa shape index (κ2) is 11.2. The summed E-state index contributed by atoms with van der Waals surface area (Å²) >= 11 is 0. The molecular weight excluding hydrogens is 483 g/mol. The Hall–Kier alpha value is -1.26. The fraction of sp³-hybridized carbons (Fsp3) is 0.667. The van der Waals surface area contributed by atoms with Gasteiger partial charge in [0.2, 0.25) is 0 Å². The fourth-order valence-electron chi connectivity index (χ4n) is 4.09. The van der Waals surface area contributed by atoms with E-state index in [0.29, 0.717) is 24.8 Å². The Labute approximate surface area is 191 Å². The Morgan fingerprint density at radius 2 is 2.00 bits per heavy atom. The van der Waals surface area contributed by atoms with Gasteiger partial charge in [0.25, 0.3) is 0 Å². The molecule has 4 unspecified atom stereocenters. The van der Waals surface area contributed by atoms with E-state index in [2.05, 4.69) is 42.6 Å². The fourth-order valence-corrected chi connectivity index (χ4v) is 4.09. The maximum absolute atomic E-state index is 5.97. The number of aliphatic imine (C=N–C) groups is 1. The van der Waals surface area contributed by atoms with Crippen LogP contribution in [0.3, 0.4) is 0 Å². The van der Waals surface area contributed by atoms with Crippen molar-refractivity contribution in [1.82, 2.24) is 15.5 Å². The number of halogens is 1. The molecule has 0 spiro atoms. The summed E-state index contributed by atoms with van der Waals surface area (Å²) in [4.78, 5) is 7.06. The van der Waals surface area contributed by atoms with E-state index in [4.69, 9.17) is 19.2 Å². The van der Waals surface area contributed by atoms with Crippen LogP contribution < -0.4 is 20.1 Å². The molecule has 2 saturated heterocycles. The van der Waals surface area contributed by atoms with E-state index in [9.17, 15) is 0 Å². The molecule has 2 aliphatic heterocycles. The molecule has 1 aromatic rings. The van der Waals surface area contributed by atoms with Crippen molar-refractivity contribution in [3.63, 3.8) is 0 Å². The maximum Gasteiger partial charge on any atom is 0.191 e. The molecule has 1 aromatic carbocycles. The van der Waals surface area contributed by atoms with Gasteiger partial charge in [0.1, 0.15) is 0 Å². The second-order valence-corrected chi connectivity index (χ2v) is 7.67. The summed E-state index contributed by atoms with van der Waals surface area (Å²) < 4.78 is 16.8. The SMILES string of the molecule is CCNC(=NCC(c1ccc(OC)c(OC)c1)N(C)C)NC1CC2CCC1O2.I. The highest BCUT2D eigenvalue weighted by Crippen LogP contribution is 2.34. The van der Waals surface area contributed by atoms with Gasteiger partial charge in [-0.15, -0.1) is 24.0 Å². The molecule has 2 bridgehead atoms. The number of benzene rings is 1. The van der Waals surface area contributed by atoms with Crippen molar-refractivity contribution in [2.45, 2.75) is 50.5 Å². The molecule has 0 aliphatic carbocycles. The summed E-state index contributed by atoms with van der Waals surface area (Å²) in [6, 6.07) is 6.54. The second-order valence-electron chi connectivity index (χ2n) is 7.67. The van der Waals surface area contributed by atoms with Crippen molar-refractivity contribution in [2.75, 3.05) is 41.4 Å². The number of rotatable bonds is 8. The Kier molecular flexibility index (Phi) is 9.29. The lowest BCUT2D eigenvalue weighted by atomic mass is 9.96. The molecule has 0 radical (unpaired) electrons. The van der Waals surface area contributed by atoms with E-state index in [-0.39, 0.29) is 30.0 Å². The number of nitrogens with one attached hydrogen (secondary N) is 2. The summed E-state index contributed by atoms with van der Waals surface area (Å²) in [5.74, 6) is 2.33. The van der Waals surface area contributed by atoms with Crippen LogP contribution in [-0.2, 0) is 4.74 Å². The first-order valence-corrected chi connectivity index (χ1v) is 10.1. The van der Waals surface area contributed by atoms with Crippen LogP contribution in [0.4, 0.5) is 0 Å². The molecule has 8 heteroatoms. The first-order chi connectivity index (χ1) is 13.5. The van der Waals surface area contributed by atoms with Crippen LogP contribution in [0.2, 0.25) is 0 Å². The average molecular weight is 518 g/mol. The van der Waals surface area contributed by atoms with Gasteiger partial charge in [0.15, 0.2) is 17.5 Å². The van der Waals surface area contributed by atoms with Gasteiger partial charge in [-0.05, 0) is 58.0 Å². The van der Waals surface area contributed by atoms with Crippen molar-refractivity contribution in [2.24, 2.45) is 4.99 Å². The zero-order valence-electron chi connectivity index (χ0n) is 18.1. The lowest BCUT2D eigenvalue weighted by Crippen LogP contribution is -2.47. The molecule has 29 heavy (non-hydrogen) atoms. The highest BCUT2D eigenvalue weighted by Gasteiger charge is 2.41. The quantitative estimate of drug-likeness (QED) is 0.314. The minimum atomic E-state index is 0. The Balaban J connectivity index is 0.00000300. The summed E-state index contributed by atoms with van der Waals surface area (Å²) in [6.45, 7) is 3.56. The Bertz CT molecular complexity index is 686. The average Bonchev–Trinajstić information content (AvgIpc) is 3.31.